The first-order chi connectivity index (χ1) is 12.1. The molecular formula is C19H26ClN3O3. The van der Waals surface area contributed by atoms with Crippen molar-refractivity contribution in [3.05, 3.63) is 29.8 Å². The molecule has 2 amide bonds. The van der Waals surface area contributed by atoms with Gasteiger partial charge in [-0.05, 0) is 55.7 Å². The molecular weight excluding hydrogens is 354 g/mol. The van der Waals surface area contributed by atoms with Gasteiger partial charge in [-0.25, -0.2) is 0 Å². The van der Waals surface area contributed by atoms with Gasteiger partial charge in [-0.15, -0.1) is 12.4 Å². The number of ether oxygens (including phenoxy) is 1. The van der Waals surface area contributed by atoms with Gasteiger partial charge in [-0.1, -0.05) is 6.07 Å². The van der Waals surface area contributed by atoms with Crippen LogP contribution in [0.25, 0.3) is 0 Å². The van der Waals surface area contributed by atoms with Crippen LogP contribution in [0.15, 0.2) is 24.3 Å². The summed E-state index contributed by atoms with van der Waals surface area (Å²) in [5.74, 6) is 0.867. The van der Waals surface area contributed by atoms with E-state index in [1.807, 2.05) is 4.90 Å². The molecule has 1 aromatic rings. The summed E-state index contributed by atoms with van der Waals surface area (Å²) in [7, 11) is 0. The average molecular weight is 380 g/mol. The number of benzene rings is 1. The molecule has 0 radical (unpaired) electrons. The van der Waals surface area contributed by atoms with Crippen molar-refractivity contribution in [2.24, 2.45) is 17.6 Å². The summed E-state index contributed by atoms with van der Waals surface area (Å²) < 4.78 is 5.40. The van der Waals surface area contributed by atoms with Crippen molar-refractivity contribution in [1.82, 2.24) is 4.90 Å². The number of nitrogens with one attached hydrogen (secondary N) is 1. The lowest BCUT2D eigenvalue weighted by Crippen LogP contribution is -2.33. The molecule has 26 heavy (non-hydrogen) atoms. The van der Waals surface area contributed by atoms with Gasteiger partial charge in [0, 0.05) is 37.0 Å². The number of likely N-dealkylation sites (tertiary alicyclic amines) is 1. The average Bonchev–Trinajstić information content (AvgIpc) is 3.33. The smallest absolute Gasteiger partial charge is 0.253 e. The predicted octanol–water partition coefficient (Wildman–Crippen LogP) is 2.04. The van der Waals surface area contributed by atoms with Gasteiger partial charge in [0.1, 0.15) is 6.10 Å². The molecule has 4 unspecified atom stereocenters. The Bertz CT molecular complexity index is 678. The van der Waals surface area contributed by atoms with Crippen molar-refractivity contribution >= 4 is 29.9 Å². The number of nitrogens with zero attached hydrogens (tertiary/aromatic N) is 1. The fourth-order valence-corrected chi connectivity index (χ4v) is 4.39. The third kappa shape index (κ3) is 3.72. The maximum atomic E-state index is 12.8. The molecule has 1 saturated carbocycles. The highest BCUT2D eigenvalue weighted by molar-refractivity contribution is 5.98. The summed E-state index contributed by atoms with van der Waals surface area (Å²) in [4.78, 5) is 26.9. The van der Waals surface area contributed by atoms with E-state index in [-0.39, 0.29) is 36.4 Å². The van der Waals surface area contributed by atoms with Crippen molar-refractivity contribution in [2.45, 2.75) is 37.8 Å². The molecule has 2 aliphatic heterocycles. The van der Waals surface area contributed by atoms with E-state index in [0.29, 0.717) is 29.7 Å². The van der Waals surface area contributed by atoms with Crippen LogP contribution in [-0.2, 0) is 9.53 Å². The lowest BCUT2D eigenvalue weighted by Gasteiger charge is -2.19. The second-order valence-corrected chi connectivity index (χ2v) is 7.45. The molecule has 2 heterocycles. The third-order valence-electron chi connectivity index (χ3n) is 5.80. The largest absolute Gasteiger partial charge is 0.368 e. The Morgan fingerprint density at radius 3 is 2.77 bits per heavy atom. The second-order valence-electron chi connectivity index (χ2n) is 7.45. The number of carbonyl (C=O) groups is 2. The molecule has 4 rings (SSSR count). The molecule has 0 bridgehead atoms. The number of nitrogens with two attached hydrogens (primary N) is 1. The molecule has 3 N–H and O–H groups in total. The van der Waals surface area contributed by atoms with E-state index in [0.717, 1.165) is 38.8 Å². The zero-order valence-electron chi connectivity index (χ0n) is 14.7. The van der Waals surface area contributed by atoms with Crippen molar-refractivity contribution < 1.29 is 14.3 Å². The van der Waals surface area contributed by atoms with Crippen molar-refractivity contribution in [2.75, 3.05) is 25.0 Å². The maximum absolute atomic E-state index is 12.8. The molecule has 1 aliphatic carbocycles. The number of rotatable bonds is 3. The normalized spacial score (nSPS) is 30.0. The summed E-state index contributed by atoms with van der Waals surface area (Å²) in [5.41, 5.74) is 7.41. The number of fused-ring (bicyclic) bond motifs is 1. The monoisotopic (exact) mass is 379 g/mol. The van der Waals surface area contributed by atoms with E-state index in [1.165, 1.54) is 0 Å². The van der Waals surface area contributed by atoms with Crippen LogP contribution in [-0.4, -0.2) is 48.6 Å². The lowest BCUT2D eigenvalue weighted by atomic mass is 9.98. The molecule has 3 fully saturated rings. The Morgan fingerprint density at radius 2 is 2.04 bits per heavy atom. The van der Waals surface area contributed by atoms with Crippen LogP contribution in [0.4, 0.5) is 5.69 Å². The fourth-order valence-electron chi connectivity index (χ4n) is 4.39. The Kier molecular flexibility index (Phi) is 5.85. The molecule has 2 saturated heterocycles. The molecule has 1 aromatic carbocycles. The van der Waals surface area contributed by atoms with Gasteiger partial charge >= 0.3 is 0 Å². The molecule has 142 valence electrons. The highest BCUT2D eigenvalue weighted by atomic mass is 35.5. The zero-order chi connectivity index (χ0) is 17.4. The third-order valence-corrected chi connectivity index (χ3v) is 5.80. The molecule has 6 nitrogen and oxygen atoms in total. The van der Waals surface area contributed by atoms with Crippen LogP contribution in [0, 0.1) is 11.8 Å². The zero-order valence-corrected chi connectivity index (χ0v) is 15.5. The number of amides is 2. The highest BCUT2D eigenvalue weighted by Crippen LogP contribution is 2.37. The number of halogens is 1. The van der Waals surface area contributed by atoms with E-state index in [1.54, 1.807) is 24.3 Å². The van der Waals surface area contributed by atoms with E-state index >= 15 is 0 Å². The minimum Gasteiger partial charge on any atom is -0.368 e. The van der Waals surface area contributed by atoms with Gasteiger partial charge in [-0.2, -0.15) is 0 Å². The minimum absolute atomic E-state index is 0. The van der Waals surface area contributed by atoms with Crippen molar-refractivity contribution in [1.29, 1.82) is 0 Å². The van der Waals surface area contributed by atoms with Crippen LogP contribution < -0.4 is 11.1 Å². The summed E-state index contributed by atoms with van der Waals surface area (Å²) in [6.45, 7) is 2.18. The van der Waals surface area contributed by atoms with E-state index in [2.05, 4.69) is 5.32 Å². The number of hydrogen-bond acceptors (Lipinski definition) is 4. The number of anilines is 1. The molecule has 0 aromatic heterocycles. The Hall–Kier alpha value is -1.63. The lowest BCUT2D eigenvalue weighted by molar-refractivity contribution is -0.124. The second kappa shape index (κ2) is 7.94. The predicted molar refractivity (Wildman–Crippen MR) is 101 cm³/mol. The summed E-state index contributed by atoms with van der Waals surface area (Å²) >= 11 is 0. The van der Waals surface area contributed by atoms with Crippen LogP contribution in [0.3, 0.4) is 0 Å². The number of hydrogen-bond donors (Lipinski definition) is 2. The van der Waals surface area contributed by atoms with Gasteiger partial charge in [0.25, 0.3) is 11.8 Å². The Labute approximate surface area is 159 Å². The first kappa shape index (κ1) is 19.1. The van der Waals surface area contributed by atoms with Gasteiger partial charge in [0.2, 0.25) is 0 Å². The first-order valence-electron chi connectivity index (χ1n) is 9.19. The van der Waals surface area contributed by atoms with E-state index < -0.39 is 0 Å². The fraction of sp³-hybridized carbons (Fsp3) is 0.579. The SMILES string of the molecule is Cl.NC1CCC2CN(C(=O)c3cccc(NC(=O)C4CCCO4)c3)CC12. The van der Waals surface area contributed by atoms with Crippen LogP contribution in [0.5, 0.6) is 0 Å². The Balaban J connectivity index is 0.00000196. The number of carbonyl (C=O) groups excluding carboxylic acids is 2. The molecule has 0 spiro atoms. The topological polar surface area (TPSA) is 84.7 Å². The maximum Gasteiger partial charge on any atom is 0.253 e. The van der Waals surface area contributed by atoms with Crippen molar-refractivity contribution in [3.63, 3.8) is 0 Å². The quantitative estimate of drug-likeness (QED) is 0.841. The standard InChI is InChI=1S/C19H25N3O3.ClH/c20-16-7-6-13-10-22(11-15(13)16)19(24)12-3-1-4-14(9-12)21-18(23)17-5-2-8-25-17;/h1,3-4,9,13,15-17H,2,5-8,10-11,20H2,(H,21,23);1H. The van der Waals surface area contributed by atoms with Crippen LogP contribution in [0.2, 0.25) is 0 Å². The highest BCUT2D eigenvalue weighted by Gasteiger charge is 2.42. The minimum atomic E-state index is -0.376. The van der Waals surface area contributed by atoms with E-state index in [4.69, 9.17) is 10.5 Å². The summed E-state index contributed by atoms with van der Waals surface area (Å²) in [6.07, 6.45) is 3.48. The van der Waals surface area contributed by atoms with Crippen molar-refractivity contribution in [3.8, 4) is 0 Å². The molecule has 3 aliphatic rings. The Morgan fingerprint density at radius 1 is 1.19 bits per heavy atom. The summed E-state index contributed by atoms with van der Waals surface area (Å²) in [6, 6.07) is 7.39. The molecule has 7 heteroatoms. The van der Waals surface area contributed by atoms with Gasteiger partial charge in [0.15, 0.2) is 0 Å². The van der Waals surface area contributed by atoms with Gasteiger partial charge in [-0.3, -0.25) is 9.59 Å². The van der Waals surface area contributed by atoms with Crippen LogP contribution in [0.1, 0.15) is 36.0 Å². The van der Waals surface area contributed by atoms with E-state index in [9.17, 15) is 9.59 Å². The van der Waals surface area contributed by atoms with Crippen LogP contribution >= 0.6 is 12.4 Å². The van der Waals surface area contributed by atoms with Gasteiger partial charge in [0.05, 0.1) is 0 Å². The first-order valence-corrected chi connectivity index (χ1v) is 9.19. The van der Waals surface area contributed by atoms with Gasteiger partial charge < -0.3 is 20.7 Å². The molecule has 4 atom stereocenters. The summed E-state index contributed by atoms with van der Waals surface area (Å²) in [5, 5.41) is 2.86.